The van der Waals surface area contributed by atoms with E-state index in [1.807, 2.05) is 18.3 Å². The van der Waals surface area contributed by atoms with Crippen molar-refractivity contribution in [1.82, 2.24) is 19.4 Å². The lowest BCUT2D eigenvalue weighted by molar-refractivity contribution is -0.122. The van der Waals surface area contributed by atoms with Crippen molar-refractivity contribution in [3.63, 3.8) is 0 Å². The van der Waals surface area contributed by atoms with E-state index < -0.39 is 0 Å². The van der Waals surface area contributed by atoms with Gasteiger partial charge >= 0.3 is 5.69 Å². The molecule has 3 aromatic heterocycles. The van der Waals surface area contributed by atoms with Gasteiger partial charge in [0.1, 0.15) is 0 Å². The smallest absolute Gasteiger partial charge is 0.331 e. The van der Waals surface area contributed by atoms with Gasteiger partial charge in [-0.3, -0.25) is 23.7 Å². The van der Waals surface area contributed by atoms with E-state index in [-0.39, 0.29) is 24.3 Å². The molecule has 0 unspecified atom stereocenters. The summed E-state index contributed by atoms with van der Waals surface area (Å²) in [7, 11) is 1.59. The molecule has 0 spiro atoms. The minimum absolute atomic E-state index is 0.194. The number of nitrogens with one attached hydrogen (secondary N) is 1. The van der Waals surface area contributed by atoms with Crippen LogP contribution in [0.4, 0.5) is 5.69 Å². The highest BCUT2D eigenvalue weighted by Gasteiger charge is 2.31. The maximum atomic E-state index is 13.0. The van der Waals surface area contributed by atoms with Gasteiger partial charge in [0, 0.05) is 71.9 Å². The number of pyridine rings is 1. The van der Waals surface area contributed by atoms with Crippen LogP contribution in [-0.4, -0.2) is 65.1 Å². The number of aryl methyl sites for hydroxylation is 1. The monoisotopic (exact) mass is 583 g/mol. The molecule has 0 aliphatic carbocycles. The molecular weight excluding hydrogens is 554 g/mol. The average Bonchev–Trinajstić information content (AvgIpc) is 3.32. The number of fused-ring (bicyclic) bond motifs is 2. The molecule has 0 saturated carbocycles. The Labute approximate surface area is 239 Å². The van der Waals surface area contributed by atoms with Crippen LogP contribution in [0.3, 0.4) is 0 Å². The lowest BCUT2D eigenvalue weighted by Crippen LogP contribution is -2.58. The second-order valence-corrected chi connectivity index (χ2v) is 11.2. The van der Waals surface area contributed by atoms with E-state index in [0.717, 1.165) is 63.7 Å². The van der Waals surface area contributed by atoms with Gasteiger partial charge in [0.25, 0.3) is 12.0 Å². The Kier molecular flexibility index (Phi) is 8.65. The zero-order valence-electron chi connectivity index (χ0n) is 22.0. The number of hydrogen-bond acceptors (Lipinski definition) is 8. The number of thiophene rings is 1. The largest absolute Gasteiger partial charge is 0.483 e. The summed E-state index contributed by atoms with van der Waals surface area (Å²) >= 11 is 8.20. The number of aromatic nitrogens is 3. The lowest BCUT2D eigenvalue weighted by Gasteiger charge is -2.44. The van der Waals surface area contributed by atoms with Crippen molar-refractivity contribution in [3.8, 4) is 11.1 Å². The molecule has 210 valence electrons. The number of nitrogens with zero attached hydrogens (tertiary/aromatic N) is 4. The Hall–Kier alpha value is -3.51. The van der Waals surface area contributed by atoms with Crippen LogP contribution in [0.1, 0.15) is 16.9 Å². The van der Waals surface area contributed by atoms with Crippen LogP contribution in [0.25, 0.3) is 21.3 Å². The number of carbonyl (C=O) groups is 1. The van der Waals surface area contributed by atoms with Crippen LogP contribution in [0.5, 0.6) is 0 Å². The molecule has 2 aliphatic heterocycles. The lowest BCUT2D eigenvalue weighted by atomic mass is 9.92. The van der Waals surface area contributed by atoms with Gasteiger partial charge < -0.3 is 20.1 Å². The van der Waals surface area contributed by atoms with Gasteiger partial charge in [0.15, 0.2) is 0 Å². The van der Waals surface area contributed by atoms with Gasteiger partial charge in [-0.1, -0.05) is 11.6 Å². The summed E-state index contributed by atoms with van der Waals surface area (Å²) < 4.78 is 8.90. The van der Waals surface area contributed by atoms with Gasteiger partial charge in [0.2, 0.25) is 0 Å². The Morgan fingerprint density at radius 2 is 2.02 bits per heavy atom. The molecule has 1 saturated heterocycles. The van der Waals surface area contributed by atoms with Crippen LogP contribution >= 0.6 is 22.9 Å². The van der Waals surface area contributed by atoms with Crippen molar-refractivity contribution in [2.75, 3.05) is 38.3 Å². The second kappa shape index (κ2) is 12.3. The number of rotatable bonds is 7. The summed E-state index contributed by atoms with van der Waals surface area (Å²) in [5.41, 5.74) is 4.94. The third kappa shape index (κ3) is 5.55. The summed E-state index contributed by atoms with van der Waals surface area (Å²) in [6, 6.07) is 10.1. The first-order valence-corrected chi connectivity index (χ1v) is 14.2. The number of hydrogen-bond donors (Lipinski definition) is 2. The number of benzene rings is 1. The fraction of sp³-hybridized carbons (Fsp3) is 0.357. The first-order valence-electron chi connectivity index (χ1n) is 13.0. The summed E-state index contributed by atoms with van der Waals surface area (Å²) in [6.07, 6.45) is 5.48. The Morgan fingerprint density at radius 3 is 2.75 bits per heavy atom. The first-order chi connectivity index (χ1) is 19.4. The number of methoxy groups -OCH3 is 1. The van der Waals surface area contributed by atoms with E-state index in [4.69, 9.17) is 26.2 Å². The molecule has 4 aromatic rings. The fourth-order valence-electron chi connectivity index (χ4n) is 5.30. The number of ether oxygens (including phenoxy) is 1. The predicted octanol–water partition coefficient (Wildman–Crippen LogP) is 3.06. The molecule has 10 nitrogen and oxygen atoms in total. The van der Waals surface area contributed by atoms with Crippen molar-refractivity contribution in [1.29, 1.82) is 0 Å². The molecular formula is C28H30ClN5O5S. The quantitative estimate of drug-likeness (QED) is 0.319. The van der Waals surface area contributed by atoms with E-state index in [2.05, 4.69) is 27.3 Å². The van der Waals surface area contributed by atoms with Crippen molar-refractivity contribution < 1.29 is 14.6 Å². The predicted molar refractivity (Wildman–Crippen MR) is 157 cm³/mol. The van der Waals surface area contributed by atoms with Crippen LogP contribution in [-0.2, 0) is 29.0 Å². The highest BCUT2D eigenvalue weighted by atomic mass is 35.5. The average molecular weight is 584 g/mol. The highest BCUT2D eigenvalue weighted by molar-refractivity contribution is 7.19. The summed E-state index contributed by atoms with van der Waals surface area (Å²) in [4.78, 5) is 42.0. The van der Waals surface area contributed by atoms with Gasteiger partial charge in [-0.25, -0.2) is 4.79 Å². The number of anilines is 1. The molecule has 0 radical (unpaired) electrons. The van der Waals surface area contributed by atoms with E-state index in [0.29, 0.717) is 19.2 Å². The minimum atomic E-state index is -0.344. The molecule has 5 heterocycles. The Balaban J connectivity index is 0.00000103. The molecule has 1 fully saturated rings. The SMILES string of the molecule is COCCn1ccc(=O)n(Cc2cc3nccc(-c4cc(Cl)cc5c4N(C4CNC4)CCC5)c3s2)c1=O.O=CO. The van der Waals surface area contributed by atoms with Gasteiger partial charge in [-0.05, 0) is 42.7 Å². The van der Waals surface area contributed by atoms with Crippen LogP contribution in [0.2, 0.25) is 5.02 Å². The molecule has 12 heteroatoms. The minimum Gasteiger partial charge on any atom is -0.483 e. The third-order valence-corrected chi connectivity index (χ3v) is 8.59. The van der Waals surface area contributed by atoms with Crippen molar-refractivity contribution in [2.45, 2.75) is 32.0 Å². The van der Waals surface area contributed by atoms with Crippen LogP contribution < -0.4 is 21.5 Å². The number of carboxylic acid groups (broad SMARTS) is 1. The Morgan fingerprint density at radius 1 is 1.23 bits per heavy atom. The molecule has 6 rings (SSSR count). The van der Waals surface area contributed by atoms with E-state index >= 15 is 0 Å². The van der Waals surface area contributed by atoms with Gasteiger partial charge in [-0.15, -0.1) is 11.3 Å². The first kappa shape index (κ1) is 28.0. The van der Waals surface area contributed by atoms with E-state index in [9.17, 15) is 9.59 Å². The van der Waals surface area contributed by atoms with Crippen molar-refractivity contribution in [3.05, 3.63) is 79.0 Å². The molecule has 0 amide bonds. The molecule has 0 bridgehead atoms. The molecule has 0 atom stereocenters. The zero-order valence-corrected chi connectivity index (χ0v) is 23.6. The third-order valence-electron chi connectivity index (χ3n) is 7.23. The number of halogens is 1. The topological polar surface area (TPSA) is 119 Å². The van der Waals surface area contributed by atoms with Gasteiger partial charge in [0.05, 0.1) is 36.0 Å². The van der Waals surface area contributed by atoms with Crippen molar-refractivity contribution >= 4 is 45.3 Å². The normalized spacial score (nSPS) is 14.8. The summed E-state index contributed by atoms with van der Waals surface area (Å²) in [5.74, 6) is 0. The van der Waals surface area contributed by atoms with E-state index in [1.165, 1.54) is 32.6 Å². The molecule has 40 heavy (non-hydrogen) atoms. The second-order valence-electron chi connectivity index (χ2n) is 9.67. The zero-order chi connectivity index (χ0) is 28.2. The Bertz CT molecular complexity index is 1640. The summed E-state index contributed by atoms with van der Waals surface area (Å²) in [5, 5.41) is 11.0. The highest BCUT2D eigenvalue weighted by Crippen LogP contribution is 2.44. The molecule has 1 aromatic carbocycles. The van der Waals surface area contributed by atoms with E-state index in [1.54, 1.807) is 18.4 Å². The van der Waals surface area contributed by atoms with Crippen molar-refractivity contribution in [2.24, 2.45) is 0 Å². The van der Waals surface area contributed by atoms with Gasteiger partial charge in [-0.2, -0.15) is 0 Å². The molecule has 2 aliphatic rings. The maximum absolute atomic E-state index is 13.0. The fourth-order valence-corrected chi connectivity index (χ4v) is 6.67. The maximum Gasteiger partial charge on any atom is 0.331 e. The van der Waals surface area contributed by atoms with Crippen LogP contribution in [0.15, 0.2) is 52.3 Å². The van der Waals surface area contributed by atoms with Crippen LogP contribution in [0, 0.1) is 0 Å². The summed E-state index contributed by atoms with van der Waals surface area (Å²) in [6.45, 7) is 3.74. The molecule has 2 N–H and O–H groups in total. The standard InChI is InChI=1S/C27H28ClN5O3S.CH2O2/c1-36-10-9-31-8-5-24(34)33(27(31)35)16-20-13-23-26(37-20)21(4-6-30-23)22-12-18(28)11-17-3-2-7-32(25(17)22)19-14-29-15-19;2-1-3/h4-6,8,11-13,19,29H,2-3,7,9-10,14-16H2,1H3;1H,(H,2,3).